The fourth-order valence-electron chi connectivity index (χ4n) is 1.82. The van der Waals surface area contributed by atoms with E-state index in [-0.39, 0.29) is 6.10 Å². The van der Waals surface area contributed by atoms with E-state index in [4.69, 9.17) is 10.00 Å². The molecule has 0 aliphatic carbocycles. The van der Waals surface area contributed by atoms with Crippen LogP contribution in [0.15, 0.2) is 48.5 Å². The highest BCUT2D eigenvalue weighted by molar-refractivity contribution is 5.45. The topological polar surface area (TPSA) is 33.0 Å². The fourth-order valence-corrected chi connectivity index (χ4v) is 1.82. The van der Waals surface area contributed by atoms with E-state index in [1.165, 1.54) is 0 Å². The summed E-state index contributed by atoms with van der Waals surface area (Å²) >= 11 is 0. The van der Waals surface area contributed by atoms with Crippen LogP contribution in [-0.4, -0.2) is 0 Å². The molecule has 0 saturated carbocycles. The van der Waals surface area contributed by atoms with Gasteiger partial charge >= 0.3 is 0 Å². The third kappa shape index (κ3) is 2.70. The summed E-state index contributed by atoms with van der Waals surface area (Å²) in [5, 5.41) is 9.10. The highest BCUT2D eigenvalue weighted by Gasteiger charge is 2.10. The van der Waals surface area contributed by atoms with Crippen molar-refractivity contribution in [3.63, 3.8) is 0 Å². The molecule has 1 unspecified atom stereocenters. The largest absolute Gasteiger partial charge is 0.485 e. The summed E-state index contributed by atoms with van der Waals surface area (Å²) in [4.78, 5) is 0. The molecular weight excluding hydrogens is 222 g/mol. The van der Waals surface area contributed by atoms with Crippen LogP contribution >= 0.6 is 0 Å². The van der Waals surface area contributed by atoms with Gasteiger partial charge in [-0.2, -0.15) is 5.26 Å². The number of nitriles is 1. The normalized spacial score (nSPS) is 11.6. The lowest BCUT2D eigenvalue weighted by Gasteiger charge is -2.16. The molecule has 2 rings (SSSR count). The second-order valence-electron chi connectivity index (χ2n) is 4.28. The summed E-state index contributed by atoms with van der Waals surface area (Å²) in [5.41, 5.74) is 2.74. The molecule has 0 radical (unpaired) electrons. The van der Waals surface area contributed by atoms with E-state index in [2.05, 4.69) is 6.07 Å². The SMILES string of the molecule is Cc1ccc(OC(C)c2ccccc2)c(C#N)c1. The Bertz CT molecular complexity index is 569. The van der Waals surface area contributed by atoms with Gasteiger partial charge in [0.1, 0.15) is 17.9 Å². The van der Waals surface area contributed by atoms with Crippen LogP contribution in [-0.2, 0) is 0 Å². The molecule has 0 N–H and O–H groups in total. The number of aryl methyl sites for hydroxylation is 1. The second kappa shape index (κ2) is 5.37. The smallest absolute Gasteiger partial charge is 0.138 e. The molecule has 1 atom stereocenters. The monoisotopic (exact) mass is 237 g/mol. The molecule has 0 spiro atoms. The molecule has 2 nitrogen and oxygen atoms in total. The van der Waals surface area contributed by atoms with Gasteiger partial charge in [-0.3, -0.25) is 0 Å². The number of nitrogens with zero attached hydrogens (tertiary/aromatic N) is 1. The van der Waals surface area contributed by atoms with Gasteiger partial charge in [0.25, 0.3) is 0 Å². The molecule has 0 heterocycles. The Morgan fingerprint density at radius 2 is 1.83 bits per heavy atom. The van der Waals surface area contributed by atoms with E-state index < -0.39 is 0 Å². The Balaban J connectivity index is 2.22. The number of hydrogen-bond donors (Lipinski definition) is 0. The minimum absolute atomic E-state index is 0.0685. The van der Waals surface area contributed by atoms with Crippen molar-refractivity contribution in [1.82, 2.24) is 0 Å². The molecule has 0 saturated heterocycles. The summed E-state index contributed by atoms with van der Waals surface area (Å²) in [6.45, 7) is 3.95. The molecule has 2 aromatic carbocycles. The minimum Gasteiger partial charge on any atom is -0.485 e. The molecule has 0 bridgehead atoms. The molecule has 0 aliphatic rings. The maximum absolute atomic E-state index is 9.10. The lowest BCUT2D eigenvalue weighted by Crippen LogP contribution is -2.04. The van der Waals surface area contributed by atoms with Gasteiger partial charge in [-0.1, -0.05) is 36.4 Å². The van der Waals surface area contributed by atoms with E-state index in [1.807, 2.05) is 62.4 Å². The summed E-state index contributed by atoms with van der Waals surface area (Å²) < 4.78 is 5.85. The van der Waals surface area contributed by atoms with Crippen LogP contribution in [0.25, 0.3) is 0 Å². The van der Waals surface area contributed by atoms with Crippen molar-refractivity contribution >= 4 is 0 Å². The zero-order valence-corrected chi connectivity index (χ0v) is 10.6. The molecule has 0 amide bonds. The zero-order chi connectivity index (χ0) is 13.0. The lowest BCUT2D eigenvalue weighted by atomic mass is 10.1. The maximum atomic E-state index is 9.10. The van der Waals surface area contributed by atoms with Crippen LogP contribution in [0.1, 0.15) is 29.7 Å². The van der Waals surface area contributed by atoms with Gasteiger partial charge in [0.15, 0.2) is 0 Å². The highest BCUT2D eigenvalue weighted by atomic mass is 16.5. The van der Waals surface area contributed by atoms with Crippen molar-refractivity contribution < 1.29 is 4.74 Å². The predicted molar refractivity (Wildman–Crippen MR) is 71.4 cm³/mol. The molecule has 0 aromatic heterocycles. The van der Waals surface area contributed by atoms with Crippen LogP contribution in [0, 0.1) is 18.3 Å². The molecule has 2 aromatic rings. The van der Waals surface area contributed by atoms with E-state index >= 15 is 0 Å². The van der Waals surface area contributed by atoms with Crippen LogP contribution in [0.5, 0.6) is 5.75 Å². The quantitative estimate of drug-likeness (QED) is 0.808. The first-order valence-electron chi connectivity index (χ1n) is 5.93. The first kappa shape index (κ1) is 12.2. The van der Waals surface area contributed by atoms with Gasteiger partial charge < -0.3 is 4.74 Å². The van der Waals surface area contributed by atoms with E-state index in [1.54, 1.807) is 0 Å². The Morgan fingerprint density at radius 1 is 1.11 bits per heavy atom. The molecule has 90 valence electrons. The zero-order valence-electron chi connectivity index (χ0n) is 10.6. The van der Waals surface area contributed by atoms with Gasteiger partial charge in [0, 0.05) is 0 Å². The maximum Gasteiger partial charge on any atom is 0.138 e. The van der Waals surface area contributed by atoms with Gasteiger partial charge in [-0.05, 0) is 37.1 Å². The molecule has 0 fully saturated rings. The van der Waals surface area contributed by atoms with Crippen molar-refractivity contribution in [3.8, 4) is 11.8 Å². The molecule has 0 aliphatic heterocycles. The van der Waals surface area contributed by atoms with E-state index in [9.17, 15) is 0 Å². The lowest BCUT2D eigenvalue weighted by molar-refractivity contribution is 0.226. The molecule has 18 heavy (non-hydrogen) atoms. The van der Waals surface area contributed by atoms with Crippen LogP contribution < -0.4 is 4.74 Å². The minimum atomic E-state index is -0.0685. The van der Waals surface area contributed by atoms with Crippen molar-refractivity contribution in [1.29, 1.82) is 5.26 Å². The average Bonchev–Trinajstić information content (AvgIpc) is 2.41. The second-order valence-corrected chi connectivity index (χ2v) is 4.28. The summed E-state index contributed by atoms with van der Waals surface area (Å²) in [6.07, 6.45) is -0.0685. The van der Waals surface area contributed by atoms with Crippen molar-refractivity contribution in [2.45, 2.75) is 20.0 Å². The summed E-state index contributed by atoms with van der Waals surface area (Å²) in [6, 6.07) is 17.8. The van der Waals surface area contributed by atoms with Gasteiger partial charge in [-0.25, -0.2) is 0 Å². The van der Waals surface area contributed by atoms with Gasteiger partial charge in [0.2, 0.25) is 0 Å². The Labute approximate surface area is 107 Å². The third-order valence-electron chi connectivity index (χ3n) is 2.83. The predicted octanol–water partition coefficient (Wildman–Crippen LogP) is 4.01. The first-order valence-corrected chi connectivity index (χ1v) is 5.93. The van der Waals surface area contributed by atoms with E-state index in [0.717, 1.165) is 11.1 Å². The van der Waals surface area contributed by atoms with Gasteiger partial charge in [0.05, 0.1) is 5.56 Å². The first-order chi connectivity index (χ1) is 8.70. The van der Waals surface area contributed by atoms with Crippen molar-refractivity contribution in [2.75, 3.05) is 0 Å². The number of ether oxygens (including phenoxy) is 1. The Hall–Kier alpha value is -2.27. The Morgan fingerprint density at radius 3 is 2.50 bits per heavy atom. The van der Waals surface area contributed by atoms with Crippen LogP contribution in [0.2, 0.25) is 0 Å². The Kier molecular flexibility index (Phi) is 3.64. The van der Waals surface area contributed by atoms with E-state index in [0.29, 0.717) is 11.3 Å². The molecular formula is C16H15NO. The van der Waals surface area contributed by atoms with Crippen molar-refractivity contribution in [3.05, 3.63) is 65.2 Å². The summed E-state index contributed by atoms with van der Waals surface area (Å²) in [5.74, 6) is 0.638. The van der Waals surface area contributed by atoms with Crippen LogP contribution in [0.3, 0.4) is 0 Å². The number of hydrogen-bond acceptors (Lipinski definition) is 2. The number of rotatable bonds is 3. The number of benzene rings is 2. The highest BCUT2D eigenvalue weighted by Crippen LogP contribution is 2.25. The fraction of sp³-hybridized carbons (Fsp3) is 0.188. The van der Waals surface area contributed by atoms with Crippen molar-refractivity contribution in [2.24, 2.45) is 0 Å². The third-order valence-corrected chi connectivity index (χ3v) is 2.83. The average molecular weight is 237 g/mol. The summed E-state index contributed by atoms with van der Waals surface area (Å²) in [7, 11) is 0. The molecule has 2 heteroatoms. The van der Waals surface area contributed by atoms with Gasteiger partial charge in [-0.15, -0.1) is 0 Å². The standard InChI is InChI=1S/C16H15NO/c1-12-8-9-16(15(10-12)11-17)18-13(2)14-6-4-3-5-7-14/h3-10,13H,1-2H3. The van der Waals surface area contributed by atoms with Crippen LogP contribution in [0.4, 0.5) is 0 Å².